The van der Waals surface area contributed by atoms with Crippen LogP contribution in [-0.4, -0.2) is 16.5 Å². The lowest BCUT2D eigenvalue weighted by Crippen LogP contribution is -2.19. The van der Waals surface area contributed by atoms with Crippen LogP contribution < -0.4 is 5.32 Å². The summed E-state index contributed by atoms with van der Waals surface area (Å²) in [7, 11) is 0. The highest BCUT2D eigenvalue weighted by Gasteiger charge is 2.12. The van der Waals surface area contributed by atoms with Gasteiger partial charge in [0, 0.05) is 29.9 Å². The van der Waals surface area contributed by atoms with E-state index < -0.39 is 5.82 Å². The van der Waals surface area contributed by atoms with Crippen LogP contribution in [-0.2, 0) is 6.42 Å². The third kappa shape index (κ3) is 3.77. The molecule has 2 aromatic rings. The van der Waals surface area contributed by atoms with E-state index in [0.29, 0.717) is 17.8 Å². The molecule has 1 atom stereocenters. The van der Waals surface area contributed by atoms with Crippen molar-refractivity contribution in [2.75, 3.05) is 6.54 Å². The molecule has 0 aliphatic carbocycles. The molecule has 112 valence electrons. The molecular weight excluding hydrogens is 289 g/mol. The van der Waals surface area contributed by atoms with Crippen molar-refractivity contribution in [1.29, 1.82) is 0 Å². The van der Waals surface area contributed by atoms with Crippen LogP contribution in [0.1, 0.15) is 42.5 Å². The third-order valence-electron chi connectivity index (χ3n) is 3.42. The average molecular weight is 308 g/mol. The summed E-state index contributed by atoms with van der Waals surface area (Å²) in [6.07, 6.45) is 2.15. The van der Waals surface area contributed by atoms with Crippen molar-refractivity contribution in [2.45, 2.75) is 33.2 Å². The second-order valence-electron chi connectivity index (χ2n) is 5.00. The van der Waals surface area contributed by atoms with Crippen LogP contribution >= 0.6 is 11.6 Å². The van der Waals surface area contributed by atoms with Gasteiger partial charge < -0.3 is 5.32 Å². The standard InChI is InChI=1S/C16H19ClFN3/c1-4-19-10(2)13-9-20-15(21-11(13)3)8-12-6-5-7-14(17)16(12)18/h5-7,9-10,19H,4,8H2,1-3H3. The lowest BCUT2D eigenvalue weighted by Gasteiger charge is -2.15. The summed E-state index contributed by atoms with van der Waals surface area (Å²) in [4.78, 5) is 8.83. The van der Waals surface area contributed by atoms with Crippen molar-refractivity contribution >= 4 is 11.6 Å². The Morgan fingerprint density at radius 2 is 2.14 bits per heavy atom. The molecule has 0 saturated heterocycles. The van der Waals surface area contributed by atoms with Crippen LogP contribution in [0.25, 0.3) is 0 Å². The van der Waals surface area contributed by atoms with Gasteiger partial charge in [-0.25, -0.2) is 14.4 Å². The Morgan fingerprint density at radius 3 is 2.81 bits per heavy atom. The van der Waals surface area contributed by atoms with Crippen LogP contribution in [0, 0.1) is 12.7 Å². The fraction of sp³-hybridized carbons (Fsp3) is 0.375. The summed E-state index contributed by atoms with van der Waals surface area (Å²) in [5, 5.41) is 3.46. The molecule has 1 aromatic heterocycles. The fourth-order valence-electron chi connectivity index (χ4n) is 2.31. The normalized spacial score (nSPS) is 12.4. The molecule has 0 radical (unpaired) electrons. The number of nitrogens with one attached hydrogen (secondary N) is 1. The number of nitrogens with zero attached hydrogens (tertiary/aromatic N) is 2. The topological polar surface area (TPSA) is 37.8 Å². The zero-order valence-corrected chi connectivity index (χ0v) is 13.2. The van der Waals surface area contributed by atoms with Crippen molar-refractivity contribution in [3.05, 3.63) is 57.9 Å². The van der Waals surface area contributed by atoms with Gasteiger partial charge >= 0.3 is 0 Å². The molecule has 1 aromatic carbocycles. The first-order chi connectivity index (χ1) is 10.0. The largest absolute Gasteiger partial charge is 0.310 e. The Kier molecular flexibility index (Phi) is 5.26. The van der Waals surface area contributed by atoms with Crippen LogP contribution in [0.5, 0.6) is 0 Å². The van der Waals surface area contributed by atoms with Gasteiger partial charge in [-0.2, -0.15) is 0 Å². The van der Waals surface area contributed by atoms with Crippen molar-refractivity contribution < 1.29 is 4.39 Å². The van der Waals surface area contributed by atoms with E-state index in [2.05, 4.69) is 29.1 Å². The van der Waals surface area contributed by atoms with Crippen LogP contribution in [0.3, 0.4) is 0 Å². The Balaban J connectivity index is 2.22. The molecule has 1 N–H and O–H groups in total. The average Bonchev–Trinajstić information content (AvgIpc) is 2.44. The summed E-state index contributed by atoms with van der Waals surface area (Å²) in [5.41, 5.74) is 2.48. The van der Waals surface area contributed by atoms with Gasteiger partial charge in [-0.05, 0) is 32.0 Å². The molecule has 0 aliphatic heterocycles. The second kappa shape index (κ2) is 6.96. The smallest absolute Gasteiger partial charge is 0.145 e. The maximum Gasteiger partial charge on any atom is 0.145 e. The maximum absolute atomic E-state index is 13.9. The quantitative estimate of drug-likeness (QED) is 0.912. The Bertz CT molecular complexity index is 631. The van der Waals surface area contributed by atoms with E-state index >= 15 is 0 Å². The maximum atomic E-state index is 13.9. The highest BCUT2D eigenvalue weighted by molar-refractivity contribution is 6.30. The molecule has 0 spiro atoms. The molecule has 0 fully saturated rings. The predicted octanol–water partition coefficient (Wildman–Crippen LogP) is 3.84. The number of aromatic nitrogens is 2. The second-order valence-corrected chi connectivity index (χ2v) is 5.40. The van der Waals surface area contributed by atoms with Gasteiger partial charge in [0.2, 0.25) is 0 Å². The molecule has 5 heteroatoms. The van der Waals surface area contributed by atoms with Gasteiger partial charge in [0.25, 0.3) is 0 Å². The molecule has 1 heterocycles. The molecule has 2 rings (SSSR count). The molecule has 21 heavy (non-hydrogen) atoms. The number of hydrogen-bond donors (Lipinski definition) is 1. The third-order valence-corrected chi connectivity index (χ3v) is 3.72. The van der Waals surface area contributed by atoms with Crippen LogP contribution in [0.2, 0.25) is 5.02 Å². The number of aryl methyl sites for hydroxylation is 1. The Labute approximate surface area is 129 Å². The van der Waals surface area contributed by atoms with E-state index in [4.69, 9.17) is 11.6 Å². The van der Waals surface area contributed by atoms with Gasteiger partial charge in [-0.3, -0.25) is 0 Å². The van der Waals surface area contributed by atoms with Gasteiger partial charge in [0.05, 0.1) is 5.02 Å². The van der Waals surface area contributed by atoms with Crippen molar-refractivity contribution in [3.8, 4) is 0 Å². The van der Waals surface area contributed by atoms with E-state index in [-0.39, 0.29) is 11.1 Å². The molecule has 0 amide bonds. The fourth-order valence-corrected chi connectivity index (χ4v) is 2.50. The number of benzene rings is 1. The van der Waals surface area contributed by atoms with E-state index in [0.717, 1.165) is 17.8 Å². The van der Waals surface area contributed by atoms with Crippen molar-refractivity contribution in [1.82, 2.24) is 15.3 Å². The number of hydrogen-bond acceptors (Lipinski definition) is 3. The Morgan fingerprint density at radius 1 is 1.38 bits per heavy atom. The van der Waals surface area contributed by atoms with E-state index in [9.17, 15) is 4.39 Å². The predicted molar refractivity (Wildman–Crippen MR) is 83.1 cm³/mol. The van der Waals surface area contributed by atoms with Crippen molar-refractivity contribution in [2.24, 2.45) is 0 Å². The minimum atomic E-state index is -0.398. The molecule has 0 bridgehead atoms. The van der Waals surface area contributed by atoms with Gasteiger partial charge in [-0.15, -0.1) is 0 Å². The first kappa shape index (κ1) is 15.9. The van der Waals surface area contributed by atoms with Crippen LogP contribution in [0.15, 0.2) is 24.4 Å². The number of halogens is 2. The highest BCUT2D eigenvalue weighted by Crippen LogP contribution is 2.20. The lowest BCUT2D eigenvalue weighted by atomic mass is 10.1. The summed E-state index contributed by atoms with van der Waals surface area (Å²) in [6.45, 7) is 6.97. The zero-order chi connectivity index (χ0) is 15.4. The van der Waals surface area contributed by atoms with E-state index in [1.165, 1.54) is 6.07 Å². The highest BCUT2D eigenvalue weighted by atomic mass is 35.5. The van der Waals surface area contributed by atoms with Gasteiger partial charge in [0.1, 0.15) is 11.6 Å². The summed E-state index contributed by atoms with van der Waals surface area (Å²) in [5.74, 6) is 0.201. The minimum absolute atomic E-state index is 0.126. The lowest BCUT2D eigenvalue weighted by molar-refractivity contribution is 0.587. The first-order valence-electron chi connectivity index (χ1n) is 7.01. The van der Waals surface area contributed by atoms with E-state index in [1.54, 1.807) is 12.1 Å². The first-order valence-corrected chi connectivity index (χ1v) is 7.39. The summed E-state index contributed by atoms with van der Waals surface area (Å²) < 4.78 is 13.9. The van der Waals surface area contributed by atoms with Crippen LogP contribution in [0.4, 0.5) is 4.39 Å². The molecule has 0 saturated carbocycles. The zero-order valence-electron chi connectivity index (χ0n) is 12.5. The molecule has 1 unspecified atom stereocenters. The van der Waals surface area contributed by atoms with Crippen molar-refractivity contribution in [3.63, 3.8) is 0 Å². The van der Waals surface area contributed by atoms with Gasteiger partial charge in [-0.1, -0.05) is 30.7 Å². The Hall–Kier alpha value is -1.52. The van der Waals surface area contributed by atoms with Gasteiger partial charge in [0.15, 0.2) is 0 Å². The molecular formula is C16H19ClFN3. The summed E-state index contributed by atoms with van der Waals surface area (Å²) in [6, 6.07) is 5.17. The summed E-state index contributed by atoms with van der Waals surface area (Å²) >= 11 is 5.79. The minimum Gasteiger partial charge on any atom is -0.310 e. The van der Waals surface area contributed by atoms with E-state index in [1.807, 2.05) is 13.1 Å². The molecule has 3 nitrogen and oxygen atoms in total. The number of rotatable bonds is 5. The molecule has 0 aliphatic rings. The SMILES string of the molecule is CCNC(C)c1cnc(Cc2cccc(Cl)c2F)nc1C. The monoisotopic (exact) mass is 307 g/mol.